The molecule has 0 heterocycles. The van der Waals surface area contributed by atoms with Crippen molar-refractivity contribution in [3.8, 4) is 0 Å². The summed E-state index contributed by atoms with van der Waals surface area (Å²) in [6, 6.07) is 0.0586. The predicted octanol–water partition coefficient (Wildman–Crippen LogP) is 1.23. The molecule has 2 N–H and O–H groups in total. The van der Waals surface area contributed by atoms with E-state index in [4.69, 9.17) is 5.73 Å². The third kappa shape index (κ3) is 4.27. The number of likely N-dealkylation sites (N-methyl/N-ethyl adjacent to an activating group) is 1. The van der Waals surface area contributed by atoms with E-state index in [2.05, 4.69) is 0 Å². The summed E-state index contributed by atoms with van der Waals surface area (Å²) in [5, 5.41) is 0. The van der Waals surface area contributed by atoms with Crippen molar-refractivity contribution in [2.24, 2.45) is 11.7 Å². The van der Waals surface area contributed by atoms with Crippen LogP contribution < -0.4 is 5.73 Å². The molecule has 0 saturated carbocycles. The summed E-state index contributed by atoms with van der Waals surface area (Å²) in [6.07, 6.45) is 1.83. The monoisotopic (exact) mass is 186 g/mol. The maximum Gasteiger partial charge on any atom is 0.225 e. The minimum absolute atomic E-state index is 0.0586. The van der Waals surface area contributed by atoms with Crippen LogP contribution in [0.2, 0.25) is 0 Å². The summed E-state index contributed by atoms with van der Waals surface area (Å²) < 4.78 is 0. The van der Waals surface area contributed by atoms with Crippen LogP contribution in [0.3, 0.4) is 0 Å². The number of amides is 1. The minimum Gasteiger partial charge on any atom is -0.344 e. The molecule has 1 atom stereocenters. The Hall–Kier alpha value is -0.570. The molecule has 0 aliphatic heterocycles. The standard InChI is InChI=1S/C10H22N2O/c1-5-9(6-2)10(13)12(4)7-8(3)11/h8-9H,5-7,11H2,1-4H3. The number of hydrogen-bond acceptors (Lipinski definition) is 2. The second-order valence-electron chi connectivity index (χ2n) is 3.71. The van der Waals surface area contributed by atoms with Crippen molar-refractivity contribution in [2.45, 2.75) is 39.7 Å². The summed E-state index contributed by atoms with van der Waals surface area (Å²) in [7, 11) is 1.82. The molecule has 0 rings (SSSR count). The highest BCUT2D eigenvalue weighted by Gasteiger charge is 2.18. The van der Waals surface area contributed by atoms with Crippen molar-refractivity contribution in [1.82, 2.24) is 4.90 Å². The maximum atomic E-state index is 11.7. The van der Waals surface area contributed by atoms with E-state index in [-0.39, 0.29) is 17.9 Å². The van der Waals surface area contributed by atoms with E-state index in [1.165, 1.54) is 0 Å². The molecule has 3 heteroatoms. The van der Waals surface area contributed by atoms with E-state index in [9.17, 15) is 4.79 Å². The average Bonchev–Trinajstić information content (AvgIpc) is 2.05. The maximum absolute atomic E-state index is 11.7. The number of carbonyl (C=O) groups is 1. The summed E-state index contributed by atoms with van der Waals surface area (Å²) in [6.45, 7) is 6.66. The lowest BCUT2D eigenvalue weighted by atomic mass is 10.0. The molecule has 78 valence electrons. The highest BCUT2D eigenvalue weighted by Crippen LogP contribution is 2.10. The molecule has 0 radical (unpaired) electrons. The van der Waals surface area contributed by atoms with E-state index >= 15 is 0 Å². The molecular formula is C10H22N2O. The van der Waals surface area contributed by atoms with Gasteiger partial charge in [0, 0.05) is 25.6 Å². The molecule has 13 heavy (non-hydrogen) atoms. The van der Waals surface area contributed by atoms with E-state index < -0.39 is 0 Å². The van der Waals surface area contributed by atoms with Gasteiger partial charge in [0.15, 0.2) is 0 Å². The van der Waals surface area contributed by atoms with Crippen molar-refractivity contribution in [3.05, 3.63) is 0 Å². The third-order valence-corrected chi connectivity index (χ3v) is 2.27. The Bertz CT molecular complexity index is 153. The van der Waals surface area contributed by atoms with Gasteiger partial charge in [0.2, 0.25) is 5.91 Å². The fourth-order valence-electron chi connectivity index (χ4n) is 1.47. The molecule has 0 fully saturated rings. The minimum atomic E-state index is 0.0586. The highest BCUT2D eigenvalue weighted by molar-refractivity contribution is 5.78. The van der Waals surface area contributed by atoms with Crippen molar-refractivity contribution in [2.75, 3.05) is 13.6 Å². The molecule has 0 aromatic rings. The summed E-state index contributed by atoms with van der Waals surface area (Å²) in [4.78, 5) is 13.4. The van der Waals surface area contributed by atoms with Crippen LogP contribution in [0.25, 0.3) is 0 Å². The van der Waals surface area contributed by atoms with Gasteiger partial charge in [-0.1, -0.05) is 13.8 Å². The van der Waals surface area contributed by atoms with E-state index in [0.29, 0.717) is 6.54 Å². The predicted molar refractivity (Wildman–Crippen MR) is 55.4 cm³/mol. The first-order chi connectivity index (χ1) is 6.02. The summed E-state index contributed by atoms with van der Waals surface area (Å²) in [5.74, 6) is 0.394. The number of nitrogens with zero attached hydrogens (tertiary/aromatic N) is 1. The molecule has 3 nitrogen and oxygen atoms in total. The number of carbonyl (C=O) groups excluding carboxylic acids is 1. The van der Waals surface area contributed by atoms with Crippen LogP contribution in [0.1, 0.15) is 33.6 Å². The van der Waals surface area contributed by atoms with Crippen LogP contribution in [0, 0.1) is 5.92 Å². The van der Waals surface area contributed by atoms with Crippen LogP contribution in [0.5, 0.6) is 0 Å². The third-order valence-electron chi connectivity index (χ3n) is 2.27. The topological polar surface area (TPSA) is 46.3 Å². The van der Waals surface area contributed by atoms with Gasteiger partial charge in [-0.25, -0.2) is 0 Å². The van der Waals surface area contributed by atoms with Crippen LogP contribution in [-0.2, 0) is 4.79 Å². The molecule has 0 aromatic heterocycles. The Morgan fingerprint density at radius 1 is 1.38 bits per heavy atom. The lowest BCUT2D eigenvalue weighted by molar-refractivity contribution is -0.134. The first kappa shape index (κ1) is 12.4. The Kier molecular flexibility index (Phi) is 5.71. The molecule has 0 aliphatic rings. The molecule has 0 bridgehead atoms. The van der Waals surface area contributed by atoms with Gasteiger partial charge in [-0.05, 0) is 19.8 Å². The Balaban J connectivity index is 4.07. The van der Waals surface area contributed by atoms with Crippen molar-refractivity contribution in [1.29, 1.82) is 0 Å². The normalized spacial score (nSPS) is 13.1. The highest BCUT2D eigenvalue weighted by atomic mass is 16.2. The van der Waals surface area contributed by atoms with Gasteiger partial charge in [-0.15, -0.1) is 0 Å². The van der Waals surface area contributed by atoms with Crippen LogP contribution in [-0.4, -0.2) is 30.4 Å². The smallest absolute Gasteiger partial charge is 0.225 e. The molecule has 0 spiro atoms. The van der Waals surface area contributed by atoms with Crippen molar-refractivity contribution >= 4 is 5.91 Å². The number of rotatable bonds is 5. The fourth-order valence-corrected chi connectivity index (χ4v) is 1.47. The zero-order chi connectivity index (χ0) is 10.4. The van der Waals surface area contributed by atoms with Crippen LogP contribution in [0.15, 0.2) is 0 Å². The quantitative estimate of drug-likeness (QED) is 0.702. The van der Waals surface area contributed by atoms with Gasteiger partial charge >= 0.3 is 0 Å². The average molecular weight is 186 g/mol. The zero-order valence-electron chi connectivity index (χ0n) is 9.21. The number of hydrogen-bond donors (Lipinski definition) is 1. The second kappa shape index (κ2) is 5.97. The van der Waals surface area contributed by atoms with Gasteiger partial charge in [0.05, 0.1) is 0 Å². The van der Waals surface area contributed by atoms with Crippen molar-refractivity contribution in [3.63, 3.8) is 0 Å². The second-order valence-corrected chi connectivity index (χ2v) is 3.71. The van der Waals surface area contributed by atoms with E-state index in [1.807, 2.05) is 27.8 Å². The SMILES string of the molecule is CCC(CC)C(=O)N(C)CC(C)N. The zero-order valence-corrected chi connectivity index (χ0v) is 9.21. The molecule has 0 aromatic carbocycles. The van der Waals surface area contributed by atoms with E-state index in [1.54, 1.807) is 4.90 Å². The lowest BCUT2D eigenvalue weighted by Gasteiger charge is -2.23. The Labute approximate surface area is 81.3 Å². The lowest BCUT2D eigenvalue weighted by Crippen LogP contribution is -2.39. The van der Waals surface area contributed by atoms with Gasteiger partial charge in [-0.2, -0.15) is 0 Å². The molecule has 0 aliphatic carbocycles. The van der Waals surface area contributed by atoms with Crippen LogP contribution in [0.4, 0.5) is 0 Å². The summed E-state index contributed by atoms with van der Waals surface area (Å²) in [5.41, 5.74) is 5.62. The van der Waals surface area contributed by atoms with Gasteiger partial charge in [0.1, 0.15) is 0 Å². The molecular weight excluding hydrogens is 164 g/mol. The first-order valence-electron chi connectivity index (χ1n) is 5.03. The first-order valence-corrected chi connectivity index (χ1v) is 5.03. The van der Waals surface area contributed by atoms with Crippen molar-refractivity contribution < 1.29 is 4.79 Å². The van der Waals surface area contributed by atoms with Gasteiger partial charge in [-0.3, -0.25) is 4.79 Å². The molecule has 1 amide bonds. The van der Waals surface area contributed by atoms with E-state index in [0.717, 1.165) is 12.8 Å². The van der Waals surface area contributed by atoms with Gasteiger partial charge in [0.25, 0.3) is 0 Å². The molecule has 0 saturated heterocycles. The fraction of sp³-hybridized carbons (Fsp3) is 0.900. The van der Waals surface area contributed by atoms with Crippen LogP contribution >= 0.6 is 0 Å². The Morgan fingerprint density at radius 2 is 1.85 bits per heavy atom. The summed E-state index contributed by atoms with van der Waals surface area (Å²) >= 11 is 0. The molecule has 1 unspecified atom stereocenters. The Morgan fingerprint density at radius 3 is 2.15 bits per heavy atom. The largest absolute Gasteiger partial charge is 0.344 e. The van der Waals surface area contributed by atoms with Gasteiger partial charge < -0.3 is 10.6 Å². The number of nitrogens with two attached hydrogens (primary N) is 1.